The van der Waals surface area contributed by atoms with Gasteiger partial charge in [-0.3, -0.25) is 23.7 Å². The summed E-state index contributed by atoms with van der Waals surface area (Å²) in [7, 11) is -1.59. The normalized spacial score (nSPS) is 18.4. The topological polar surface area (TPSA) is 197 Å². The van der Waals surface area contributed by atoms with Crippen molar-refractivity contribution in [2.75, 3.05) is 23.9 Å². The summed E-state index contributed by atoms with van der Waals surface area (Å²) in [5, 5.41) is 5.26. The van der Waals surface area contributed by atoms with Crippen molar-refractivity contribution in [2.45, 2.75) is 110 Å². The van der Waals surface area contributed by atoms with Gasteiger partial charge in [0.1, 0.15) is 23.7 Å². The zero-order valence-corrected chi connectivity index (χ0v) is 35.4. The third-order valence-corrected chi connectivity index (χ3v) is 13.0. The van der Waals surface area contributed by atoms with Crippen LogP contribution in [0, 0.1) is 0 Å². The average molecular weight is 829 g/mol. The minimum Gasteiger partial charge on any atom is -0.441 e. The second-order valence-corrected chi connectivity index (χ2v) is 17.6. The number of benzene rings is 3. The highest BCUT2D eigenvalue weighted by atomic mass is 31.2. The number of fused-ring (bicyclic) bond motifs is 6. The lowest BCUT2D eigenvalue weighted by Gasteiger charge is -2.39. The van der Waals surface area contributed by atoms with E-state index >= 15 is 4.57 Å². The fourth-order valence-electron chi connectivity index (χ4n) is 7.97. The molecular weight excluding hydrogens is 775 g/mol. The first-order valence-corrected chi connectivity index (χ1v) is 21.6. The van der Waals surface area contributed by atoms with E-state index in [0.717, 1.165) is 0 Å². The van der Waals surface area contributed by atoms with Crippen molar-refractivity contribution >= 4 is 70.5 Å². The summed E-state index contributed by atoms with van der Waals surface area (Å²) in [5.74, 6) is -2.22. The number of hydrogen-bond acceptors (Lipinski definition) is 9. The monoisotopic (exact) mass is 828 g/mol. The van der Waals surface area contributed by atoms with Crippen LogP contribution in [0.25, 0.3) is 0 Å². The molecule has 0 aromatic heterocycles. The minimum atomic E-state index is -4.59. The van der Waals surface area contributed by atoms with E-state index in [1.54, 1.807) is 48.5 Å². The van der Waals surface area contributed by atoms with Gasteiger partial charge in [-0.15, -0.1) is 0 Å². The van der Waals surface area contributed by atoms with E-state index < -0.39 is 54.7 Å². The molecule has 2 heterocycles. The Hall–Kier alpha value is -5.46. The number of esters is 1. The molecule has 2 atom stereocenters. The molecule has 1 spiro atoms. The summed E-state index contributed by atoms with van der Waals surface area (Å²) in [5.41, 5.74) is 0.0222. The van der Waals surface area contributed by atoms with Crippen molar-refractivity contribution in [1.82, 2.24) is 10.6 Å². The molecule has 59 heavy (non-hydrogen) atoms. The average Bonchev–Trinajstić information content (AvgIpc) is 3.49. The smallest absolute Gasteiger partial charge is 0.340 e. The molecule has 0 radical (unpaired) electrons. The molecule has 314 valence electrons. The molecule has 14 nitrogen and oxygen atoms in total. The van der Waals surface area contributed by atoms with Crippen LogP contribution in [0.1, 0.15) is 119 Å². The Bertz CT molecular complexity index is 2100. The van der Waals surface area contributed by atoms with Gasteiger partial charge in [-0.2, -0.15) is 0 Å². The minimum absolute atomic E-state index is 0.0742. The summed E-state index contributed by atoms with van der Waals surface area (Å²) in [4.78, 5) is 103. The summed E-state index contributed by atoms with van der Waals surface area (Å²) in [6.07, 6.45) is 5.29. The van der Waals surface area contributed by atoms with Crippen molar-refractivity contribution < 1.29 is 47.8 Å². The molecule has 4 amide bonds. The summed E-state index contributed by atoms with van der Waals surface area (Å²) in [6.45, 7) is 5.66. The van der Waals surface area contributed by atoms with E-state index in [2.05, 4.69) is 10.6 Å². The van der Waals surface area contributed by atoms with E-state index in [1.807, 2.05) is 0 Å². The lowest BCUT2D eigenvalue weighted by atomic mass is 9.79. The van der Waals surface area contributed by atoms with Gasteiger partial charge in [0.05, 0.1) is 16.2 Å². The molecule has 3 N–H and O–H groups in total. The van der Waals surface area contributed by atoms with Crippen LogP contribution in [-0.4, -0.2) is 72.2 Å². The largest absolute Gasteiger partial charge is 0.441 e. The quantitative estimate of drug-likeness (QED) is 0.0919. The van der Waals surface area contributed by atoms with Crippen LogP contribution in [0.4, 0.5) is 11.4 Å². The zero-order chi connectivity index (χ0) is 43.2. The maximum absolute atomic E-state index is 15.0. The predicted octanol–water partition coefficient (Wildman–Crippen LogP) is 4.70. The van der Waals surface area contributed by atoms with Gasteiger partial charge in [0, 0.05) is 68.8 Å². The highest BCUT2D eigenvalue weighted by Crippen LogP contribution is 2.56. The van der Waals surface area contributed by atoms with Gasteiger partial charge in [0.2, 0.25) is 23.6 Å². The van der Waals surface area contributed by atoms with Crippen LogP contribution in [-0.2, 0) is 43.7 Å². The van der Waals surface area contributed by atoms with E-state index in [1.165, 1.54) is 63.7 Å². The Kier molecular flexibility index (Phi) is 14.1. The Morgan fingerprint density at radius 3 is 1.53 bits per heavy atom. The van der Waals surface area contributed by atoms with Crippen molar-refractivity contribution in [1.29, 1.82) is 0 Å². The second-order valence-electron chi connectivity index (χ2n) is 15.5. The van der Waals surface area contributed by atoms with Crippen LogP contribution in [0.3, 0.4) is 0 Å². The maximum atomic E-state index is 15.0. The molecule has 0 saturated carbocycles. The van der Waals surface area contributed by atoms with Crippen molar-refractivity contribution in [3.63, 3.8) is 0 Å². The fraction of sp³-hybridized carbons (Fsp3) is 0.432. The fourth-order valence-corrected chi connectivity index (χ4v) is 9.96. The van der Waals surface area contributed by atoms with Crippen molar-refractivity contribution in [3.05, 3.63) is 82.9 Å². The maximum Gasteiger partial charge on any atom is 0.340 e. The summed E-state index contributed by atoms with van der Waals surface area (Å²) < 4.78 is 21.3. The first-order valence-electron chi connectivity index (χ1n) is 19.9. The number of nitrogens with zero attached hydrogens (tertiary/aromatic N) is 2. The molecule has 3 aromatic carbocycles. The number of likely N-dealkylation sites (N-methyl/N-ethyl adjacent to an activating group) is 2. The number of unbranched alkanes of at least 4 members (excludes halogenated alkanes) is 4. The lowest BCUT2D eigenvalue weighted by Crippen LogP contribution is -2.48. The van der Waals surface area contributed by atoms with Gasteiger partial charge >= 0.3 is 5.97 Å². The first kappa shape index (κ1) is 44.6. The van der Waals surface area contributed by atoms with E-state index in [9.17, 15) is 38.5 Å². The van der Waals surface area contributed by atoms with Crippen LogP contribution < -0.4 is 31.0 Å². The zero-order valence-electron chi connectivity index (χ0n) is 34.5. The SMILES string of the molecule is CC(=O)CCCCC[C@H](NC(C)=O)C(=O)N(C)c1ccc2c(c1)P(=O)(O)c1cc(N(C)C(=O)[C@H](CCCCCC(C)=O)NC(C)=O)ccc1C21OC(=O)c2ccccc21. The molecule has 0 fully saturated rings. The molecule has 0 aliphatic carbocycles. The molecule has 0 saturated heterocycles. The van der Waals surface area contributed by atoms with Crippen LogP contribution in [0.2, 0.25) is 0 Å². The van der Waals surface area contributed by atoms with Gasteiger partial charge in [0.25, 0.3) is 7.37 Å². The number of amides is 4. The molecule has 0 unspecified atom stereocenters. The molecule has 3 aromatic rings. The van der Waals surface area contributed by atoms with Gasteiger partial charge in [0.15, 0.2) is 5.60 Å². The molecule has 5 rings (SSSR count). The second kappa shape index (κ2) is 18.6. The number of anilines is 2. The number of ether oxygens (including phenoxy) is 1. The van der Waals surface area contributed by atoms with Gasteiger partial charge in [-0.1, -0.05) is 56.0 Å². The summed E-state index contributed by atoms with van der Waals surface area (Å²) >= 11 is 0. The standard InChI is InChI=1S/C44H53N4O10P/c1-27(49)15-9-7-11-19-37(45-29(3)51)41(53)47(5)31-21-23-35-39(25-31)59(56,57)40-26-32(22-24-36(40)44(35)34-18-14-13-17-33(34)43(55)58-44)48(6)42(54)38(46-30(4)52)20-12-8-10-16-28(2)50/h13-14,17-18,21-26,37-38H,7-12,15-16,19-20H2,1-6H3,(H,45,51)(H,46,52)(H,56,57)/t37-,38-/m0/s1. The van der Waals surface area contributed by atoms with E-state index in [-0.39, 0.29) is 50.2 Å². The third kappa shape index (κ3) is 9.55. The molecule has 0 bridgehead atoms. The number of rotatable bonds is 18. The molecule has 2 aliphatic rings. The van der Waals surface area contributed by atoms with E-state index in [0.29, 0.717) is 69.8 Å². The number of ketones is 2. The predicted molar refractivity (Wildman–Crippen MR) is 223 cm³/mol. The number of carbonyl (C=O) groups is 7. The first-order chi connectivity index (χ1) is 27.9. The van der Waals surface area contributed by atoms with Gasteiger partial charge < -0.3 is 39.7 Å². The Labute approximate surface area is 344 Å². The van der Waals surface area contributed by atoms with E-state index in [4.69, 9.17) is 4.74 Å². The Morgan fingerprint density at radius 1 is 0.661 bits per heavy atom. The van der Waals surface area contributed by atoms with Crippen molar-refractivity contribution in [2.24, 2.45) is 0 Å². The molecule has 2 aliphatic heterocycles. The highest BCUT2D eigenvalue weighted by Gasteiger charge is 2.56. The van der Waals surface area contributed by atoms with Crippen LogP contribution >= 0.6 is 7.37 Å². The number of Topliss-reactive ketones (excluding diaryl/α,β-unsaturated/α-hetero) is 2. The number of carbonyl (C=O) groups excluding carboxylic acids is 7. The van der Waals surface area contributed by atoms with Crippen LogP contribution in [0.15, 0.2) is 60.7 Å². The molecular formula is C44H53N4O10P. The number of hydrogen-bond donors (Lipinski definition) is 3. The van der Waals surface area contributed by atoms with Gasteiger partial charge in [-0.25, -0.2) is 4.79 Å². The Morgan fingerprint density at radius 2 is 1.10 bits per heavy atom. The summed E-state index contributed by atoms with van der Waals surface area (Å²) in [6, 6.07) is 14.1. The third-order valence-electron chi connectivity index (χ3n) is 11.0. The number of nitrogens with one attached hydrogen (secondary N) is 2. The lowest BCUT2D eigenvalue weighted by molar-refractivity contribution is -0.126. The highest BCUT2D eigenvalue weighted by molar-refractivity contribution is 7.73. The van der Waals surface area contributed by atoms with Gasteiger partial charge in [-0.05, 0) is 69.9 Å². The molecule has 15 heteroatoms. The van der Waals surface area contributed by atoms with Crippen LogP contribution in [0.5, 0.6) is 0 Å². The Balaban J connectivity index is 1.55. The van der Waals surface area contributed by atoms with Crippen molar-refractivity contribution in [3.8, 4) is 0 Å².